The normalized spacial score (nSPS) is 11.7. The van der Waals surface area contributed by atoms with Gasteiger partial charge < -0.3 is 15.1 Å². The largest absolute Gasteiger partial charge is 0.345 e. The lowest BCUT2D eigenvalue weighted by Crippen LogP contribution is -3.08. The lowest BCUT2D eigenvalue weighted by atomic mass is 10.2. The summed E-state index contributed by atoms with van der Waals surface area (Å²) >= 11 is 6.15. The number of carbonyl (C=O) groups is 2. The molecule has 0 bridgehead atoms. The van der Waals surface area contributed by atoms with Gasteiger partial charge in [0.05, 0.1) is 7.05 Å². The average molecular weight is 361 g/mol. The first-order valence-electron chi connectivity index (χ1n) is 8.03. The average Bonchev–Trinajstić information content (AvgIpc) is 2.56. The standard InChI is InChI=1S/C19H22ClN3O2/c1-22(2)19(25)14-8-10-16(11-9-14)21-18(24)13-23(3)12-15-6-4-5-7-17(15)20/h4-11H,12-13H2,1-3H3,(H,21,24)/p+1. The molecule has 0 radical (unpaired) electrons. The number of nitrogens with zero attached hydrogens (tertiary/aromatic N) is 1. The molecule has 25 heavy (non-hydrogen) atoms. The number of quaternary nitrogens is 1. The molecule has 1 atom stereocenters. The van der Waals surface area contributed by atoms with Crippen LogP contribution in [0.3, 0.4) is 0 Å². The van der Waals surface area contributed by atoms with Crippen LogP contribution in [0.15, 0.2) is 48.5 Å². The van der Waals surface area contributed by atoms with E-state index in [0.717, 1.165) is 10.5 Å². The highest BCUT2D eigenvalue weighted by atomic mass is 35.5. The molecule has 0 saturated carbocycles. The Bertz CT molecular complexity index is 745. The maximum absolute atomic E-state index is 12.2. The second-order valence-corrected chi connectivity index (χ2v) is 6.63. The number of benzene rings is 2. The minimum absolute atomic E-state index is 0.0678. The monoisotopic (exact) mass is 360 g/mol. The van der Waals surface area contributed by atoms with E-state index in [4.69, 9.17) is 11.6 Å². The summed E-state index contributed by atoms with van der Waals surface area (Å²) in [5, 5.41) is 3.56. The van der Waals surface area contributed by atoms with Gasteiger partial charge in [-0.05, 0) is 30.3 Å². The number of amides is 2. The van der Waals surface area contributed by atoms with E-state index in [-0.39, 0.29) is 11.8 Å². The number of carbonyl (C=O) groups excluding carboxylic acids is 2. The molecule has 0 fully saturated rings. The van der Waals surface area contributed by atoms with E-state index in [9.17, 15) is 9.59 Å². The Balaban J connectivity index is 1.89. The number of rotatable bonds is 6. The van der Waals surface area contributed by atoms with Crippen LogP contribution < -0.4 is 10.2 Å². The van der Waals surface area contributed by atoms with Gasteiger partial charge in [-0.25, -0.2) is 0 Å². The van der Waals surface area contributed by atoms with E-state index in [1.54, 1.807) is 38.4 Å². The summed E-state index contributed by atoms with van der Waals surface area (Å²) in [7, 11) is 5.35. The molecule has 2 amide bonds. The highest BCUT2D eigenvalue weighted by Gasteiger charge is 2.13. The summed E-state index contributed by atoms with van der Waals surface area (Å²) in [5.41, 5.74) is 2.27. The Morgan fingerprint density at radius 3 is 2.32 bits per heavy atom. The molecule has 0 heterocycles. The third kappa shape index (κ3) is 5.59. The van der Waals surface area contributed by atoms with Crippen molar-refractivity contribution in [2.45, 2.75) is 6.54 Å². The van der Waals surface area contributed by atoms with Gasteiger partial charge in [0.1, 0.15) is 6.54 Å². The maximum Gasteiger partial charge on any atom is 0.279 e. The van der Waals surface area contributed by atoms with Crippen molar-refractivity contribution in [2.24, 2.45) is 0 Å². The topological polar surface area (TPSA) is 53.9 Å². The highest BCUT2D eigenvalue weighted by molar-refractivity contribution is 6.31. The fourth-order valence-corrected chi connectivity index (χ4v) is 2.67. The van der Waals surface area contributed by atoms with Crippen molar-refractivity contribution in [1.82, 2.24) is 4.90 Å². The van der Waals surface area contributed by atoms with Gasteiger partial charge in [-0.2, -0.15) is 0 Å². The Labute approximate surface area is 153 Å². The van der Waals surface area contributed by atoms with Gasteiger partial charge in [0.2, 0.25) is 0 Å². The molecule has 2 rings (SSSR count). The van der Waals surface area contributed by atoms with Crippen LogP contribution >= 0.6 is 11.6 Å². The van der Waals surface area contributed by atoms with Crippen LogP contribution in [0.25, 0.3) is 0 Å². The summed E-state index contributed by atoms with van der Waals surface area (Å²) in [4.78, 5) is 26.6. The number of likely N-dealkylation sites (N-methyl/N-ethyl adjacent to an activating group) is 1. The van der Waals surface area contributed by atoms with E-state index >= 15 is 0 Å². The SMILES string of the molecule is CN(C)C(=O)c1ccc(NC(=O)C[NH+](C)Cc2ccccc2Cl)cc1. The van der Waals surface area contributed by atoms with E-state index in [2.05, 4.69) is 5.32 Å². The molecule has 2 aromatic rings. The predicted octanol–water partition coefficient (Wildman–Crippen LogP) is 1.70. The molecule has 0 spiro atoms. The van der Waals surface area contributed by atoms with Crippen LogP contribution in [0.5, 0.6) is 0 Å². The predicted molar refractivity (Wildman–Crippen MR) is 100.0 cm³/mol. The molecule has 5 nitrogen and oxygen atoms in total. The highest BCUT2D eigenvalue weighted by Crippen LogP contribution is 2.13. The molecule has 2 aromatic carbocycles. The molecule has 2 N–H and O–H groups in total. The Morgan fingerprint density at radius 2 is 1.72 bits per heavy atom. The fourth-order valence-electron chi connectivity index (χ4n) is 2.46. The molecule has 1 unspecified atom stereocenters. The maximum atomic E-state index is 12.2. The van der Waals surface area contributed by atoms with E-state index in [1.807, 2.05) is 31.3 Å². The first kappa shape index (κ1) is 19.0. The molecule has 132 valence electrons. The fraction of sp³-hybridized carbons (Fsp3) is 0.263. The molecule has 0 aliphatic rings. The summed E-state index contributed by atoms with van der Waals surface area (Å²) in [6, 6.07) is 14.5. The molecule has 6 heteroatoms. The van der Waals surface area contributed by atoms with Crippen molar-refractivity contribution in [3.8, 4) is 0 Å². The van der Waals surface area contributed by atoms with Crippen LogP contribution in [-0.4, -0.2) is 44.4 Å². The Hall–Kier alpha value is -2.37. The Kier molecular flexibility index (Phi) is 6.56. The van der Waals surface area contributed by atoms with Crippen molar-refractivity contribution in [3.63, 3.8) is 0 Å². The molecule has 0 aliphatic heterocycles. The Morgan fingerprint density at radius 1 is 1.08 bits per heavy atom. The first-order chi connectivity index (χ1) is 11.9. The van der Waals surface area contributed by atoms with Crippen LogP contribution in [0.4, 0.5) is 5.69 Å². The summed E-state index contributed by atoms with van der Waals surface area (Å²) in [5.74, 6) is -0.155. The van der Waals surface area contributed by atoms with Crippen LogP contribution in [0, 0.1) is 0 Å². The minimum atomic E-state index is -0.0868. The van der Waals surface area contributed by atoms with Crippen molar-refractivity contribution in [2.75, 3.05) is 33.0 Å². The second-order valence-electron chi connectivity index (χ2n) is 6.23. The van der Waals surface area contributed by atoms with Gasteiger partial charge in [-0.1, -0.05) is 29.8 Å². The van der Waals surface area contributed by atoms with Crippen LogP contribution in [0.1, 0.15) is 15.9 Å². The summed E-state index contributed by atoms with van der Waals surface area (Å²) in [6.45, 7) is 0.993. The van der Waals surface area contributed by atoms with Gasteiger partial charge in [-0.3, -0.25) is 9.59 Å². The van der Waals surface area contributed by atoms with Gasteiger partial charge in [-0.15, -0.1) is 0 Å². The zero-order valence-corrected chi connectivity index (χ0v) is 15.4. The number of hydrogen-bond donors (Lipinski definition) is 2. The lowest BCUT2D eigenvalue weighted by Gasteiger charge is -2.15. The zero-order chi connectivity index (χ0) is 18.4. The third-order valence-corrected chi connectivity index (χ3v) is 4.10. The number of halogens is 1. The molecule has 0 aliphatic carbocycles. The van der Waals surface area contributed by atoms with E-state index < -0.39 is 0 Å². The van der Waals surface area contributed by atoms with Crippen molar-refractivity contribution >= 4 is 29.1 Å². The lowest BCUT2D eigenvalue weighted by molar-refractivity contribution is -0.885. The molecule has 0 saturated heterocycles. The van der Waals surface area contributed by atoms with Gasteiger partial charge >= 0.3 is 0 Å². The molecule has 0 aromatic heterocycles. The van der Waals surface area contributed by atoms with Crippen LogP contribution in [0.2, 0.25) is 5.02 Å². The summed E-state index contributed by atoms with van der Waals surface area (Å²) < 4.78 is 0. The molecular weight excluding hydrogens is 338 g/mol. The van der Waals surface area contributed by atoms with Crippen molar-refractivity contribution < 1.29 is 14.5 Å². The third-order valence-electron chi connectivity index (χ3n) is 3.73. The van der Waals surface area contributed by atoms with Crippen molar-refractivity contribution in [3.05, 3.63) is 64.7 Å². The van der Waals surface area contributed by atoms with Gasteiger partial charge in [0.15, 0.2) is 6.54 Å². The molecular formula is C19H23ClN3O2+. The number of hydrogen-bond acceptors (Lipinski definition) is 2. The van der Waals surface area contributed by atoms with Gasteiger partial charge in [0, 0.05) is 35.9 Å². The van der Waals surface area contributed by atoms with Gasteiger partial charge in [0.25, 0.3) is 11.8 Å². The first-order valence-corrected chi connectivity index (χ1v) is 8.41. The quantitative estimate of drug-likeness (QED) is 0.823. The van der Waals surface area contributed by atoms with E-state index in [0.29, 0.717) is 29.4 Å². The second kappa shape index (κ2) is 8.65. The van der Waals surface area contributed by atoms with Crippen molar-refractivity contribution in [1.29, 1.82) is 0 Å². The summed E-state index contributed by atoms with van der Waals surface area (Å²) in [6.07, 6.45) is 0. The van der Waals surface area contributed by atoms with E-state index in [1.165, 1.54) is 4.90 Å². The number of anilines is 1. The minimum Gasteiger partial charge on any atom is -0.345 e. The van der Waals surface area contributed by atoms with Crippen LogP contribution in [-0.2, 0) is 11.3 Å². The number of nitrogens with one attached hydrogen (secondary N) is 2. The zero-order valence-electron chi connectivity index (χ0n) is 14.7. The smallest absolute Gasteiger partial charge is 0.279 e.